The first-order valence-electron chi connectivity index (χ1n) is 5.63. The molecular weight excluding hydrogens is 316 g/mol. The summed E-state index contributed by atoms with van der Waals surface area (Å²) < 4.78 is 27.6. The number of halogens is 1. The van der Waals surface area contributed by atoms with E-state index in [1.54, 1.807) is 32.0 Å². The highest BCUT2D eigenvalue weighted by molar-refractivity contribution is 7.94. The number of aryl methyl sites for hydroxylation is 2. The van der Waals surface area contributed by atoms with Crippen molar-refractivity contribution in [2.24, 2.45) is 0 Å². The minimum atomic E-state index is -3.73. The molecule has 0 bridgehead atoms. The first-order valence-corrected chi connectivity index (χ1v) is 8.31. The minimum Gasteiger partial charge on any atom is -0.278 e. The molecule has 0 saturated heterocycles. The van der Waals surface area contributed by atoms with E-state index in [-0.39, 0.29) is 9.90 Å². The number of rotatable bonds is 3. The van der Waals surface area contributed by atoms with Crippen molar-refractivity contribution in [1.82, 2.24) is 0 Å². The Morgan fingerprint density at radius 3 is 2.55 bits per heavy atom. The third-order valence-electron chi connectivity index (χ3n) is 2.73. The molecule has 0 aliphatic rings. The summed E-state index contributed by atoms with van der Waals surface area (Å²) in [5.41, 5.74) is 2.01. The number of nitrogens with zero attached hydrogens (tertiary/aromatic N) is 1. The lowest BCUT2D eigenvalue weighted by atomic mass is 10.1. The Kier molecular flexibility index (Phi) is 4.04. The van der Waals surface area contributed by atoms with Crippen LogP contribution >= 0.6 is 22.9 Å². The molecule has 0 amide bonds. The van der Waals surface area contributed by atoms with E-state index in [0.29, 0.717) is 21.0 Å². The number of nitriles is 1. The van der Waals surface area contributed by atoms with Crippen LogP contribution < -0.4 is 4.72 Å². The summed E-state index contributed by atoms with van der Waals surface area (Å²) in [4.78, 5) is 0. The molecular formula is C13H11ClN2O2S2. The smallest absolute Gasteiger partial charge is 0.271 e. The molecule has 4 nitrogen and oxygen atoms in total. The SMILES string of the molecule is Cc1cc(S(=O)(=O)Nc2cccc(C)c2C#N)sc1Cl. The van der Waals surface area contributed by atoms with E-state index in [4.69, 9.17) is 16.9 Å². The van der Waals surface area contributed by atoms with Crippen LogP contribution in [0.15, 0.2) is 28.5 Å². The molecule has 0 aliphatic carbocycles. The average molecular weight is 327 g/mol. The van der Waals surface area contributed by atoms with Crippen LogP contribution in [0.25, 0.3) is 0 Å². The Morgan fingerprint density at radius 1 is 1.30 bits per heavy atom. The number of benzene rings is 1. The Bertz CT molecular complexity index is 785. The standard InChI is InChI=1S/C13H11ClN2O2S2/c1-8-4-3-5-11(10(8)7-15)16-20(17,18)12-6-9(2)13(14)19-12/h3-6,16H,1-2H3. The molecule has 7 heteroatoms. The molecule has 1 N–H and O–H groups in total. The van der Waals surface area contributed by atoms with Crippen LogP contribution in [0.2, 0.25) is 4.34 Å². The number of anilines is 1. The third kappa shape index (κ3) is 2.80. The van der Waals surface area contributed by atoms with E-state index in [1.807, 2.05) is 6.07 Å². The van der Waals surface area contributed by atoms with Crippen molar-refractivity contribution >= 4 is 38.6 Å². The first-order chi connectivity index (χ1) is 9.35. The van der Waals surface area contributed by atoms with Gasteiger partial charge in [0.15, 0.2) is 0 Å². The Morgan fingerprint density at radius 2 is 2.00 bits per heavy atom. The molecule has 1 heterocycles. The molecule has 104 valence electrons. The Hall–Kier alpha value is -1.55. The minimum absolute atomic E-state index is 0.130. The topological polar surface area (TPSA) is 70.0 Å². The number of thiophene rings is 1. The van der Waals surface area contributed by atoms with Crippen molar-refractivity contribution in [2.45, 2.75) is 18.1 Å². The second-order valence-corrected chi connectivity index (χ2v) is 7.80. The molecule has 0 unspecified atom stereocenters. The lowest BCUT2D eigenvalue weighted by Gasteiger charge is -2.09. The van der Waals surface area contributed by atoms with Gasteiger partial charge in [0.05, 0.1) is 15.6 Å². The normalized spacial score (nSPS) is 11.1. The van der Waals surface area contributed by atoms with Gasteiger partial charge in [-0.2, -0.15) is 5.26 Å². The van der Waals surface area contributed by atoms with Crippen molar-refractivity contribution in [3.63, 3.8) is 0 Å². The maximum Gasteiger partial charge on any atom is 0.271 e. The molecule has 1 aromatic heterocycles. The maximum atomic E-state index is 12.3. The van der Waals surface area contributed by atoms with Crippen molar-refractivity contribution in [1.29, 1.82) is 5.26 Å². The highest BCUT2D eigenvalue weighted by Gasteiger charge is 2.20. The first kappa shape index (κ1) is 14.9. The monoisotopic (exact) mass is 326 g/mol. The lowest BCUT2D eigenvalue weighted by Crippen LogP contribution is -2.12. The summed E-state index contributed by atoms with van der Waals surface area (Å²) in [5, 5.41) is 9.11. The molecule has 0 aliphatic heterocycles. The molecule has 1 aromatic carbocycles. The van der Waals surface area contributed by atoms with Gasteiger partial charge in [0.2, 0.25) is 0 Å². The lowest BCUT2D eigenvalue weighted by molar-refractivity contribution is 0.603. The van der Waals surface area contributed by atoms with Crippen LogP contribution in [0.5, 0.6) is 0 Å². The fourth-order valence-corrected chi connectivity index (χ4v) is 4.44. The maximum absolute atomic E-state index is 12.3. The van der Waals surface area contributed by atoms with E-state index in [9.17, 15) is 8.42 Å². The van der Waals surface area contributed by atoms with Gasteiger partial charge in [-0.15, -0.1) is 11.3 Å². The second kappa shape index (κ2) is 5.44. The van der Waals surface area contributed by atoms with E-state index in [1.165, 1.54) is 6.07 Å². The fraction of sp³-hybridized carbons (Fsp3) is 0.154. The van der Waals surface area contributed by atoms with Gasteiger partial charge in [-0.3, -0.25) is 4.72 Å². The Balaban J connectivity index is 2.44. The van der Waals surface area contributed by atoms with E-state index in [2.05, 4.69) is 4.72 Å². The highest BCUT2D eigenvalue weighted by atomic mass is 35.5. The van der Waals surface area contributed by atoms with Crippen LogP contribution in [-0.4, -0.2) is 8.42 Å². The molecule has 0 atom stereocenters. The van der Waals surface area contributed by atoms with Gasteiger partial charge in [-0.05, 0) is 37.1 Å². The van der Waals surface area contributed by atoms with Gasteiger partial charge >= 0.3 is 0 Å². The van der Waals surface area contributed by atoms with Gasteiger partial charge < -0.3 is 0 Å². The van der Waals surface area contributed by atoms with Gasteiger partial charge in [-0.25, -0.2) is 8.42 Å². The Labute approximate surface area is 126 Å². The summed E-state index contributed by atoms with van der Waals surface area (Å²) in [7, 11) is -3.73. The van der Waals surface area contributed by atoms with Gasteiger partial charge in [0, 0.05) is 0 Å². The third-order valence-corrected chi connectivity index (χ3v) is 6.12. The quantitative estimate of drug-likeness (QED) is 0.935. The number of nitrogens with one attached hydrogen (secondary N) is 1. The van der Waals surface area contributed by atoms with E-state index >= 15 is 0 Å². The van der Waals surface area contributed by atoms with Crippen molar-refractivity contribution in [3.8, 4) is 6.07 Å². The van der Waals surface area contributed by atoms with E-state index < -0.39 is 10.0 Å². The molecule has 0 fully saturated rings. The van der Waals surface area contributed by atoms with Crippen LogP contribution in [-0.2, 0) is 10.0 Å². The molecule has 0 radical (unpaired) electrons. The molecule has 2 aromatic rings. The molecule has 0 spiro atoms. The summed E-state index contributed by atoms with van der Waals surface area (Å²) >= 11 is 6.89. The predicted octanol–water partition coefficient (Wildman–Crippen LogP) is 3.69. The number of hydrogen-bond donors (Lipinski definition) is 1. The zero-order valence-electron chi connectivity index (χ0n) is 10.8. The fourth-order valence-electron chi connectivity index (χ4n) is 1.66. The summed E-state index contributed by atoms with van der Waals surface area (Å²) in [6, 6.07) is 8.52. The average Bonchev–Trinajstić information content (AvgIpc) is 2.70. The van der Waals surface area contributed by atoms with Gasteiger partial charge in [0.1, 0.15) is 10.3 Å². The highest BCUT2D eigenvalue weighted by Crippen LogP contribution is 2.31. The van der Waals surface area contributed by atoms with Crippen molar-refractivity contribution < 1.29 is 8.42 Å². The summed E-state index contributed by atoms with van der Waals surface area (Å²) in [5.74, 6) is 0. The largest absolute Gasteiger partial charge is 0.278 e. The van der Waals surface area contributed by atoms with Crippen LogP contribution in [0.3, 0.4) is 0 Å². The van der Waals surface area contributed by atoms with Crippen LogP contribution in [0.1, 0.15) is 16.7 Å². The van der Waals surface area contributed by atoms with Gasteiger partial charge in [0.25, 0.3) is 10.0 Å². The molecule has 0 saturated carbocycles. The van der Waals surface area contributed by atoms with Gasteiger partial charge in [-0.1, -0.05) is 23.7 Å². The summed E-state index contributed by atoms with van der Waals surface area (Å²) in [6.45, 7) is 3.49. The van der Waals surface area contributed by atoms with Crippen molar-refractivity contribution in [2.75, 3.05) is 4.72 Å². The van der Waals surface area contributed by atoms with Crippen LogP contribution in [0, 0.1) is 25.2 Å². The number of hydrogen-bond acceptors (Lipinski definition) is 4. The second-order valence-electron chi connectivity index (χ2n) is 4.24. The molecule has 20 heavy (non-hydrogen) atoms. The predicted molar refractivity (Wildman–Crippen MR) is 80.8 cm³/mol. The van der Waals surface area contributed by atoms with Crippen LogP contribution in [0.4, 0.5) is 5.69 Å². The number of sulfonamides is 1. The zero-order valence-corrected chi connectivity index (χ0v) is 13.2. The zero-order chi connectivity index (χ0) is 14.9. The van der Waals surface area contributed by atoms with Crippen molar-refractivity contribution in [3.05, 3.63) is 45.3 Å². The summed E-state index contributed by atoms with van der Waals surface area (Å²) in [6.07, 6.45) is 0. The van der Waals surface area contributed by atoms with E-state index in [0.717, 1.165) is 11.3 Å². The molecule has 2 rings (SSSR count).